The highest BCUT2D eigenvalue weighted by Crippen LogP contribution is 2.22. The van der Waals surface area contributed by atoms with Gasteiger partial charge in [-0.3, -0.25) is 4.79 Å². The van der Waals surface area contributed by atoms with Gasteiger partial charge in [-0.15, -0.1) is 0 Å². The monoisotopic (exact) mass is 357 g/mol. The zero-order valence-electron chi connectivity index (χ0n) is 13.7. The first-order valence-corrected chi connectivity index (χ1v) is 7.67. The predicted molar refractivity (Wildman–Crippen MR) is 93.0 cm³/mol. The van der Waals surface area contributed by atoms with Crippen LogP contribution in [0.25, 0.3) is 0 Å². The van der Waals surface area contributed by atoms with Crippen molar-refractivity contribution in [3.63, 3.8) is 0 Å². The number of carbonyl (C=O) groups excluding carboxylic acids is 1. The number of benzene rings is 2. The Labute approximate surface area is 147 Å². The summed E-state index contributed by atoms with van der Waals surface area (Å²) >= 11 is 0. The molecule has 0 aliphatic carbocycles. The molecule has 0 atom stereocenters. The zero-order valence-corrected chi connectivity index (χ0v) is 13.7. The molecule has 0 saturated carbocycles. The molecule has 0 fully saturated rings. The van der Waals surface area contributed by atoms with E-state index in [0.29, 0.717) is 17.6 Å². The van der Waals surface area contributed by atoms with E-state index in [-0.39, 0.29) is 0 Å². The maximum absolute atomic E-state index is 13.7. The predicted octanol–water partition coefficient (Wildman–Crippen LogP) is 4.52. The van der Waals surface area contributed by atoms with Crippen LogP contribution in [0.4, 0.5) is 30.4 Å². The summed E-state index contributed by atoms with van der Waals surface area (Å²) in [5, 5.41) is 2.40. The van der Waals surface area contributed by atoms with Crippen molar-refractivity contribution in [2.75, 3.05) is 17.3 Å². The quantitative estimate of drug-likeness (QED) is 0.699. The van der Waals surface area contributed by atoms with Gasteiger partial charge in [-0.05, 0) is 36.4 Å². The number of pyridine rings is 1. The molecule has 0 unspecified atom stereocenters. The fourth-order valence-corrected chi connectivity index (χ4v) is 2.34. The second-order valence-electron chi connectivity index (χ2n) is 5.48. The Morgan fingerprint density at radius 1 is 0.962 bits per heavy atom. The van der Waals surface area contributed by atoms with Crippen LogP contribution >= 0.6 is 0 Å². The SMILES string of the molecule is CN(c1ccccc1)c1ccc(NC(=O)c2ccc(F)c(F)c2F)cn1. The van der Waals surface area contributed by atoms with E-state index in [1.165, 1.54) is 6.20 Å². The molecule has 1 aromatic heterocycles. The van der Waals surface area contributed by atoms with Crippen molar-refractivity contribution in [1.29, 1.82) is 0 Å². The van der Waals surface area contributed by atoms with Gasteiger partial charge in [0, 0.05) is 12.7 Å². The van der Waals surface area contributed by atoms with E-state index >= 15 is 0 Å². The number of nitrogens with zero attached hydrogens (tertiary/aromatic N) is 2. The third-order valence-electron chi connectivity index (χ3n) is 3.77. The first kappa shape index (κ1) is 17.5. The Morgan fingerprint density at radius 3 is 2.35 bits per heavy atom. The van der Waals surface area contributed by atoms with Crippen molar-refractivity contribution in [3.8, 4) is 0 Å². The van der Waals surface area contributed by atoms with E-state index in [9.17, 15) is 18.0 Å². The smallest absolute Gasteiger partial charge is 0.258 e. The minimum absolute atomic E-state index is 0.296. The van der Waals surface area contributed by atoms with E-state index in [4.69, 9.17) is 0 Å². The fraction of sp³-hybridized carbons (Fsp3) is 0.0526. The van der Waals surface area contributed by atoms with E-state index in [2.05, 4.69) is 10.3 Å². The minimum atomic E-state index is -1.68. The fourth-order valence-electron chi connectivity index (χ4n) is 2.34. The second-order valence-corrected chi connectivity index (χ2v) is 5.48. The molecule has 0 aliphatic heterocycles. The molecule has 2 aromatic carbocycles. The number of halogens is 3. The van der Waals surface area contributed by atoms with Crippen LogP contribution in [0.2, 0.25) is 0 Å². The lowest BCUT2D eigenvalue weighted by Gasteiger charge is -2.18. The Kier molecular flexibility index (Phi) is 4.88. The van der Waals surface area contributed by atoms with Gasteiger partial charge in [-0.1, -0.05) is 18.2 Å². The molecular weight excluding hydrogens is 343 g/mol. The number of nitrogens with one attached hydrogen (secondary N) is 1. The van der Waals surface area contributed by atoms with Crippen LogP contribution in [0.1, 0.15) is 10.4 Å². The Balaban J connectivity index is 1.75. The summed E-state index contributed by atoms with van der Waals surface area (Å²) in [5.41, 5.74) is 0.638. The second kappa shape index (κ2) is 7.26. The van der Waals surface area contributed by atoms with Crippen molar-refractivity contribution >= 4 is 23.1 Å². The summed E-state index contributed by atoms with van der Waals surface area (Å²) in [7, 11) is 1.84. The molecule has 26 heavy (non-hydrogen) atoms. The Morgan fingerprint density at radius 2 is 1.69 bits per heavy atom. The molecule has 3 rings (SSSR count). The lowest BCUT2D eigenvalue weighted by molar-refractivity contribution is 0.102. The average Bonchev–Trinajstić information content (AvgIpc) is 2.67. The van der Waals surface area contributed by atoms with Gasteiger partial charge in [-0.25, -0.2) is 18.2 Å². The first-order chi connectivity index (χ1) is 12.5. The maximum Gasteiger partial charge on any atom is 0.258 e. The van der Waals surface area contributed by atoms with Gasteiger partial charge in [0.25, 0.3) is 5.91 Å². The lowest BCUT2D eigenvalue weighted by atomic mass is 10.2. The Hall–Kier alpha value is -3.35. The third kappa shape index (κ3) is 3.51. The maximum atomic E-state index is 13.7. The average molecular weight is 357 g/mol. The van der Waals surface area contributed by atoms with Crippen LogP contribution in [0, 0.1) is 17.5 Å². The van der Waals surface area contributed by atoms with Crippen LogP contribution in [0.15, 0.2) is 60.8 Å². The molecule has 0 bridgehead atoms. The molecule has 0 spiro atoms. The molecule has 1 N–H and O–H groups in total. The Bertz CT molecular complexity index is 931. The van der Waals surface area contributed by atoms with Crippen LogP contribution in [-0.2, 0) is 0 Å². The normalized spacial score (nSPS) is 10.5. The van der Waals surface area contributed by atoms with Gasteiger partial charge in [0.2, 0.25) is 0 Å². The molecule has 0 saturated heterocycles. The summed E-state index contributed by atoms with van der Waals surface area (Å²) in [6.07, 6.45) is 1.39. The van der Waals surface area contributed by atoms with E-state index in [1.54, 1.807) is 12.1 Å². The number of aromatic nitrogens is 1. The zero-order chi connectivity index (χ0) is 18.7. The molecule has 1 amide bonds. The van der Waals surface area contributed by atoms with Gasteiger partial charge in [0.15, 0.2) is 17.5 Å². The van der Waals surface area contributed by atoms with Crippen molar-refractivity contribution in [2.24, 2.45) is 0 Å². The van der Waals surface area contributed by atoms with Gasteiger partial charge < -0.3 is 10.2 Å². The topological polar surface area (TPSA) is 45.2 Å². The standard InChI is InChI=1S/C19H14F3N3O/c1-25(13-5-3-2-4-6-13)16-10-7-12(11-23-16)24-19(26)14-8-9-15(20)18(22)17(14)21/h2-11H,1H3,(H,24,26). The van der Waals surface area contributed by atoms with E-state index < -0.39 is 28.9 Å². The molecular formula is C19H14F3N3O. The van der Waals surface area contributed by atoms with Crippen LogP contribution < -0.4 is 10.2 Å². The van der Waals surface area contributed by atoms with Crippen LogP contribution in [-0.4, -0.2) is 17.9 Å². The molecule has 3 aromatic rings. The van der Waals surface area contributed by atoms with Gasteiger partial charge >= 0.3 is 0 Å². The molecule has 0 radical (unpaired) electrons. The summed E-state index contributed by atoms with van der Waals surface area (Å²) < 4.78 is 39.9. The van der Waals surface area contributed by atoms with Gasteiger partial charge in [-0.2, -0.15) is 0 Å². The van der Waals surface area contributed by atoms with Crippen LogP contribution in [0.3, 0.4) is 0 Å². The van der Waals surface area contributed by atoms with Gasteiger partial charge in [0.1, 0.15) is 5.82 Å². The van der Waals surface area contributed by atoms with Crippen molar-refractivity contribution in [2.45, 2.75) is 0 Å². The van der Waals surface area contributed by atoms with Gasteiger partial charge in [0.05, 0.1) is 17.4 Å². The summed E-state index contributed by atoms with van der Waals surface area (Å²) in [6.45, 7) is 0. The van der Waals surface area contributed by atoms with Crippen LogP contribution in [0.5, 0.6) is 0 Å². The number of rotatable bonds is 4. The summed E-state index contributed by atoms with van der Waals surface area (Å²) in [4.78, 5) is 18.1. The molecule has 4 nitrogen and oxygen atoms in total. The highest BCUT2D eigenvalue weighted by atomic mass is 19.2. The van der Waals surface area contributed by atoms with Crippen molar-refractivity contribution in [3.05, 3.63) is 83.8 Å². The molecule has 132 valence electrons. The summed E-state index contributed by atoms with van der Waals surface area (Å²) in [6, 6.07) is 14.4. The molecule has 1 heterocycles. The van der Waals surface area contributed by atoms with E-state index in [0.717, 1.165) is 11.8 Å². The van der Waals surface area contributed by atoms with Crippen molar-refractivity contribution < 1.29 is 18.0 Å². The number of hydrogen-bond donors (Lipinski definition) is 1. The van der Waals surface area contributed by atoms with Crippen molar-refractivity contribution in [1.82, 2.24) is 4.98 Å². The number of hydrogen-bond acceptors (Lipinski definition) is 3. The third-order valence-corrected chi connectivity index (χ3v) is 3.77. The highest BCUT2D eigenvalue weighted by Gasteiger charge is 2.19. The molecule has 7 heteroatoms. The highest BCUT2D eigenvalue weighted by molar-refractivity contribution is 6.04. The van der Waals surface area contributed by atoms with E-state index in [1.807, 2.05) is 42.3 Å². The number of amides is 1. The minimum Gasteiger partial charge on any atom is -0.329 e. The first-order valence-electron chi connectivity index (χ1n) is 7.67. The number of carbonyl (C=O) groups is 1. The lowest BCUT2D eigenvalue weighted by Crippen LogP contribution is -2.16. The number of anilines is 3. The molecule has 0 aliphatic rings. The number of para-hydroxylation sites is 1. The summed E-state index contributed by atoms with van der Waals surface area (Å²) in [5.74, 6) is -4.83. The largest absolute Gasteiger partial charge is 0.329 e.